The molecule has 0 amide bonds. The second-order valence-corrected chi connectivity index (χ2v) is 4.97. The predicted octanol–water partition coefficient (Wildman–Crippen LogP) is 3.94. The Labute approximate surface area is 96.6 Å². The Morgan fingerprint density at radius 1 is 1.43 bits per heavy atom. The Morgan fingerprint density at radius 3 is 2.86 bits per heavy atom. The van der Waals surface area contributed by atoms with Crippen molar-refractivity contribution < 1.29 is 4.79 Å². The summed E-state index contributed by atoms with van der Waals surface area (Å²) in [5, 5.41) is 0.771. The van der Waals surface area contributed by atoms with E-state index in [9.17, 15) is 4.79 Å². The molecule has 0 N–H and O–H groups in total. The lowest BCUT2D eigenvalue weighted by atomic mass is 9.98. The fourth-order valence-corrected chi connectivity index (χ4v) is 2.56. The second kappa shape index (κ2) is 4.03. The summed E-state index contributed by atoms with van der Waals surface area (Å²) >= 11 is 9.51. The highest BCUT2D eigenvalue weighted by Crippen LogP contribution is 2.37. The van der Waals surface area contributed by atoms with Crippen molar-refractivity contribution in [3.63, 3.8) is 0 Å². The van der Waals surface area contributed by atoms with Crippen molar-refractivity contribution in [2.45, 2.75) is 25.2 Å². The molecular formula is C11H10BrClO. The molecule has 14 heavy (non-hydrogen) atoms. The average molecular weight is 274 g/mol. The van der Waals surface area contributed by atoms with E-state index in [0.29, 0.717) is 24.5 Å². The zero-order chi connectivity index (χ0) is 10.1. The lowest BCUT2D eigenvalue weighted by Crippen LogP contribution is -1.95. The largest absolute Gasteiger partial charge is 0.300 e. The molecule has 1 atom stereocenters. The van der Waals surface area contributed by atoms with Crippen LogP contribution in [-0.2, 0) is 4.79 Å². The minimum atomic E-state index is 0.326. The Kier molecular flexibility index (Phi) is 2.93. The third kappa shape index (κ3) is 2.01. The number of carbonyl (C=O) groups is 1. The molecule has 0 heterocycles. The Hall–Kier alpha value is -0.340. The predicted molar refractivity (Wildman–Crippen MR) is 60.8 cm³/mol. The van der Waals surface area contributed by atoms with Gasteiger partial charge >= 0.3 is 0 Å². The molecule has 1 aliphatic rings. The highest BCUT2D eigenvalue weighted by molar-refractivity contribution is 9.10. The third-order valence-electron chi connectivity index (χ3n) is 2.64. The molecule has 1 aromatic carbocycles. The highest BCUT2D eigenvalue weighted by atomic mass is 79.9. The maximum atomic E-state index is 11.2. The van der Waals surface area contributed by atoms with E-state index in [1.54, 1.807) is 0 Å². The molecule has 0 aliphatic heterocycles. The van der Waals surface area contributed by atoms with Crippen LogP contribution in [0.4, 0.5) is 0 Å². The number of carbonyl (C=O) groups excluding carboxylic acids is 1. The van der Waals surface area contributed by atoms with Gasteiger partial charge < -0.3 is 0 Å². The average Bonchev–Trinajstić information content (AvgIpc) is 2.56. The van der Waals surface area contributed by atoms with Crippen LogP contribution in [0, 0.1) is 0 Å². The van der Waals surface area contributed by atoms with Gasteiger partial charge in [-0.3, -0.25) is 4.79 Å². The maximum Gasteiger partial charge on any atom is 0.133 e. The molecule has 0 spiro atoms. The van der Waals surface area contributed by atoms with Crippen LogP contribution >= 0.6 is 27.5 Å². The van der Waals surface area contributed by atoms with Gasteiger partial charge in [0.25, 0.3) is 0 Å². The summed E-state index contributed by atoms with van der Waals surface area (Å²) in [6.45, 7) is 0. The van der Waals surface area contributed by atoms with Crippen molar-refractivity contribution >= 4 is 33.3 Å². The van der Waals surface area contributed by atoms with Crippen LogP contribution in [0.25, 0.3) is 0 Å². The molecule has 3 heteroatoms. The zero-order valence-electron chi connectivity index (χ0n) is 7.59. The van der Waals surface area contributed by atoms with Gasteiger partial charge in [0.05, 0.1) is 0 Å². The van der Waals surface area contributed by atoms with Crippen molar-refractivity contribution in [3.8, 4) is 0 Å². The summed E-state index contributed by atoms with van der Waals surface area (Å²) in [5.74, 6) is 0.679. The van der Waals surface area contributed by atoms with Gasteiger partial charge in [-0.05, 0) is 36.1 Å². The first-order chi connectivity index (χ1) is 6.66. The summed E-state index contributed by atoms with van der Waals surface area (Å²) in [7, 11) is 0. The van der Waals surface area contributed by atoms with Gasteiger partial charge in [-0.1, -0.05) is 27.5 Å². The van der Waals surface area contributed by atoms with E-state index >= 15 is 0 Å². The Balaban J connectivity index is 2.31. The summed E-state index contributed by atoms with van der Waals surface area (Å²) in [6.07, 6.45) is 2.29. The number of ketones is 1. The van der Waals surface area contributed by atoms with E-state index in [-0.39, 0.29) is 0 Å². The quantitative estimate of drug-likeness (QED) is 0.757. The van der Waals surface area contributed by atoms with Crippen LogP contribution < -0.4 is 0 Å². The third-order valence-corrected chi connectivity index (χ3v) is 3.48. The molecule has 1 nitrogen and oxygen atoms in total. The molecule has 0 bridgehead atoms. The number of Topliss-reactive ketones (excluding diaryl/α,β-unsaturated/α-hetero) is 1. The van der Waals surface area contributed by atoms with Crippen molar-refractivity contribution in [3.05, 3.63) is 33.3 Å². The van der Waals surface area contributed by atoms with Crippen LogP contribution in [0.3, 0.4) is 0 Å². The molecule has 1 unspecified atom stereocenters. The van der Waals surface area contributed by atoms with E-state index < -0.39 is 0 Å². The summed E-state index contributed by atoms with van der Waals surface area (Å²) < 4.78 is 1.02. The molecule has 1 fully saturated rings. The van der Waals surface area contributed by atoms with Crippen molar-refractivity contribution in [1.29, 1.82) is 0 Å². The Morgan fingerprint density at radius 2 is 2.21 bits per heavy atom. The molecule has 74 valence electrons. The van der Waals surface area contributed by atoms with Crippen molar-refractivity contribution in [2.24, 2.45) is 0 Å². The number of benzene rings is 1. The molecule has 0 aromatic heterocycles. The zero-order valence-corrected chi connectivity index (χ0v) is 9.94. The SMILES string of the molecule is O=C1CCC(c2cc(Br)ccc2Cl)C1. The van der Waals surface area contributed by atoms with E-state index in [4.69, 9.17) is 11.6 Å². The van der Waals surface area contributed by atoms with Gasteiger partial charge in [-0.2, -0.15) is 0 Å². The van der Waals surface area contributed by atoms with Crippen LogP contribution in [0.1, 0.15) is 30.7 Å². The first-order valence-electron chi connectivity index (χ1n) is 4.63. The number of hydrogen-bond acceptors (Lipinski definition) is 1. The summed E-state index contributed by atoms with van der Waals surface area (Å²) in [6, 6.07) is 5.82. The van der Waals surface area contributed by atoms with E-state index in [2.05, 4.69) is 15.9 Å². The van der Waals surface area contributed by atoms with Gasteiger partial charge in [0.1, 0.15) is 5.78 Å². The van der Waals surface area contributed by atoms with Crippen LogP contribution in [0.5, 0.6) is 0 Å². The van der Waals surface area contributed by atoms with E-state index in [1.807, 2.05) is 18.2 Å². The van der Waals surface area contributed by atoms with Gasteiger partial charge in [-0.15, -0.1) is 0 Å². The molecule has 0 saturated heterocycles. The molecule has 2 rings (SSSR count). The maximum absolute atomic E-state index is 11.2. The number of rotatable bonds is 1. The fourth-order valence-electron chi connectivity index (χ4n) is 1.91. The molecule has 0 radical (unpaired) electrons. The van der Waals surface area contributed by atoms with Crippen molar-refractivity contribution in [2.75, 3.05) is 0 Å². The minimum Gasteiger partial charge on any atom is -0.300 e. The smallest absolute Gasteiger partial charge is 0.133 e. The molecule has 1 aromatic rings. The van der Waals surface area contributed by atoms with Gasteiger partial charge in [0, 0.05) is 22.3 Å². The van der Waals surface area contributed by atoms with Crippen LogP contribution in [0.2, 0.25) is 5.02 Å². The first kappa shape index (κ1) is 10.2. The highest BCUT2D eigenvalue weighted by Gasteiger charge is 2.25. The van der Waals surface area contributed by atoms with Crippen LogP contribution in [-0.4, -0.2) is 5.78 Å². The number of halogens is 2. The molecule has 1 saturated carbocycles. The normalized spacial score (nSPS) is 21.6. The van der Waals surface area contributed by atoms with Crippen LogP contribution in [0.15, 0.2) is 22.7 Å². The summed E-state index contributed by atoms with van der Waals surface area (Å²) in [5.41, 5.74) is 1.10. The molecular weight excluding hydrogens is 263 g/mol. The van der Waals surface area contributed by atoms with Gasteiger partial charge in [0.15, 0.2) is 0 Å². The van der Waals surface area contributed by atoms with Gasteiger partial charge in [-0.25, -0.2) is 0 Å². The monoisotopic (exact) mass is 272 g/mol. The van der Waals surface area contributed by atoms with E-state index in [1.165, 1.54) is 0 Å². The minimum absolute atomic E-state index is 0.326. The summed E-state index contributed by atoms with van der Waals surface area (Å²) in [4.78, 5) is 11.2. The second-order valence-electron chi connectivity index (χ2n) is 3.64. The van der Waals surface area contributed by atoms with E-state index in [0.717, 1.165) is 21.5 Å². The Bertz CT molecular complexity index is 376. The topological polar surface area (TPSA) is 17.1 Å². The fraction of sp³-hybridized carbons (Fsp3) is 0.364. The standard InChI is InChI=1S/C11H10BrClO/c12-8-2-4-11(13)10(6-8)7-1-3-9(14)5-7/h2,4,6-7H,1,3,5H2. The van der Waals surface area contributed by atoms with Crippen molar-refractivity contribution in [1.82, 2.24) is 0 Å². The first-order valence-corrected chi connectivity index (χ1v) is 5.80. The lowest BCUT2D eigenvalue weighted by Gasteiger charge is -2.10. The lowest BCUT2D eigenvalue weighted by molar-refractivity contribution is -0.117. The molecule has 1 aliphatic carbocycles. The van der Waals surface area contributed by atoms with Gasteiger partial charge in [0.2, 0.25) is 0 Å². The number of hydrogen-bond donors (Lipinski definition) is 0.